The zero-order valence-corrected chi connectivity index (χ0v) is 12.9. The highest BCUT2D eigenvalue weighted by Gasteiger charge is 2.30. The molecule has 0 saturated heterocycles. The molecule has 0 nitrogen and oxygen atoms in total. The van der Waals surface area contributed by atoms with Gasteiger partial charge in [0.2, 0.25) is 0 Å². The second kappa shape index (κ2) is 6.67. The predicted octanol–water partition coefficient (Wildman–Crippen LogP) is 5.77. The third kappa shape index (κ3) is 4.89. The molecule has 2 unspecified atom stereocenters. The van der Waals surface area contributed by atoms with Crippen molar-refractivity contribution in [3.8, 4) is 0 Å². The van der Waals surface area contributed by atoms with Crippen LogP contribution in [-0.4, -0.2) is 0 Å². The molecule has 2 atom stereocenters. The van der Waals surface area contributed by atoms with Crippen molar-refractivity contribution in [2.75, 3.05) is 0 Å². The zero-order valence-electron chi connectivity index (χ0n) is 12.9. The summed E-state index contributed by atoms with van der Waals surface area (Å²) < 4.78 is 0. The molecule has 0 heterocycles. The van der Waals surface area contributed by atoms with Crippen LogP contribution in [0.25, 0.3) is 0 Å². The first-order valence-electron chi connectivity index (χ1n) is 7.21. The summed E-state index contributed by atoms with van der Waals surface area (Å²) in [4.78, 5) is 0. The Morgan fingerprint density at radius 3 is 1.69 bits per heavy atom. The SMILES string of the molecule is CCC(CC(C)C)CC(C)C(C)(C)C(C)C. The van der Waals surface area contributed by atoms with Gasteiger partial charge in [-0.25, -0.2) is 0 Å². The van der Waals surface area contributed by atoms with E-state index in [1.807, 2.05) is 0 Å². The van der Waals surface area contributed by atoms with Crippen LogP contribution in [0.3, 0.4) is 0 Å². The molecule has 0 aliphatic carbocycles. The number of hydrogen-bond acceptors (Lipinski definition) is 0. The second-order valence-electron chi connectivity index (χ2n) is 7.02. The van der Waals surface area contributed by atoms with Crippen LogP contribution in [-0.2, 0) is 0 Å². The third-order valence-electron chi connectivity index (χ3n) is 4.83. The minimum Gasteiger partial charge on any atom is -0.0651 e. The van der Waals surface area contributed by atoms with E-state index in [2.05, 4.69) is 55.4 Å². The Balaban J connectivity index is 4.34. The highest BCUT2D eigenvalue weighted by molar-refractivity contribution is 4.80. The van der Waals surface area contributed by atoms with E-state index in [9.17, 15) is 0 Å². The van der Waals surface area contributed by atoms with Crippen LogP contribution in [0.5, 0.6) is 0 Å². The maximum Gasteiger partial charge on any atom is -0.0305 e. The van der Waals surface area contributed by atoms with Gasteiger partial charge in [-0.05, 0) is 41.9 Å². The Morgan fingerprint density at radius 1 is 0.875 bits per heavy atom. The fourth-order valence-corrected chi connectivity index (χ4v) is 2.47. The van der Waals surface area contributed by atoms with E-state index in [1.54, 1.807) is 0 Å². The van der Waals surface area contributed by atoms with E-state index in [0.717, 1.165) is 23.7 Å². The van der Waals surface area contributed by atoms with Crippen molar-refractivity contribution in [2.24, 2.45) is 29.1 Å². The molecule has 0 aromatic rings. The van der Waals surface area contributed by atoms with Crippen molar-refractivity contribution in [1.29, 1.82) is 0 Å². The summed E-state index contributed by atoms with van der Waals surface area (Å²) >= 11 is 0. The molecular formula is C16H34. The first-order chi connectivity index (χ1) is 7.21. The van der Waals surface area contributed by atoms with Gasteiger partial charge in [-0.15, -0.1) is 0 Å². The molecule has 0 saturated carbocycles. The summed E-state index contributed by atoms with van der Waals surface area (Å²) in [7, 11) is 0. The van der Waals surface area contributed by atoms with Gasteiger partial charge in [-0.1, -0.05) is 61.8 Å². The van der Waals surface area contributed by atoms with Crippen molar-refractivity contribution in [3.63, 3.8) is 0 Å². The fraction of sp³-hybridized carbons (Fsp3) is 1.00. The van der Waals surface area contributed by atoms with E-state index in [-0.39, 0.29) is 0 Å². The molecule has 0 rings (SSSR count). The van der Waals surface area contributed by atoms with Gasteiger partial charge < -0.3 is 0 Å². The summed E-state index contributed by atoms with van der Waals surface area (Å²) in [6.07, 6.45) is 4.14. The zero-order chi connectivity index (χ0) is 12.9. The molecule has 0 aromatic carbocycles. The quantitative estimate of drug-likeness (QED) is 0.517. The number of rotatable bonds is 7. The molecule has 0 heteroatoms. The van der Waals surface area contributed by atoms with Crippen molar-refractivity contribution in [1.82, 2.24) is 0 Å². The van der Waals surface area contributed by atoms with Gasteiger partial charge in [-0.3, -0.25) is 0 Å². The molecule has 0 radical (unpaired) electrons. The molecule has 0 aromatic heterocycles. The van der Waals surface area contributed by atoms with Gasteiger partial charge in [0, 0.05) is 0 Å². The molecule has 16 heavy (non-hydrogen) atoms. The van der Waals surface area contributed by atoms with Gasteiger partial charge in [0.25, 0.3) is 0 Å². The van der Waals surface area contributed by atoms with E-state index in [0.29, 0.717) is 5.41 Å². The maximum absolute atomic E-state index is 2.45. The number of hydrogen-bond donors (Lipinski definition) is 0. The summed E-state index contributed by atoms with van der Waals surface area (Å²) in [5, 5.41) is 0. The Morgan fingerprint density at radius 2 is 1.38 bits per heavy atom. The standard InChI is InChI=1S/C16H34/c1-9-15(10-12(2)3)11-14(6)16(7,8)13(4)5/h12-15H,9-11H2,1-8H3. The minimum absolute atomic E-state index is 0.477. The van der Waals surface area contributed by atoms with Crippen LogP contribution in [0.4, 0.5) is 0 Å². The highest BCUT2D eigenvalue weighted by atomic mass is 14.4. The van der Waals surface area contributed by atoms with Crippen molar-refractivity contribution in [3.05, 3.63) is 0 Å². The van der Waals surface area contributed by atoms with Crippen LogP contribution in [0.15, 0.2) is 0 Å². The van der Waals surface area contributed by atoms with E-state index < -0.39 is 0 Å². The van der Waals surface area contributed by atoms with Crippen LogP contribution < -0.4 is 0 Å². The first kappa shape index (κ1) is 16.0. The lowest BCUT2D eigenvalue weighted by Gasteiger charge is -2.38. The largest absolute Gasteiger partial charge is 0.0651 e. The lowest BCUT2D eigenvalue weighted by atomic mass is 9.68. The smallest absolute Gasteiger partial charge is 0.0305 e. The highest BCUT2D eigenvalue weighted by Crippen LogP contribution is 2.39. The van der Waals surface area contributed by atoms with E-state index in [1.165, 1.54) is 19.3 Å². The van der Waals surface area contributed by atoms with E-state index in [4.69, 9.17) is 0 Å². The lowest BCUT2D eigenvalue weighted by molar-refractivity contribution is 0.120. The van der Waals surface area contributed by atoms with Crippen molar-refractivity contribution in [2.45, 2.75) is 74.7 Å². The Hall–Kier alpha value is 0. The first-order valence-corrected chi connectivity index (χ1v) is 7.21. The van der Waals surface area contributed by atoms with Crippen LogP contribution in [0.1, 0.15) is 74.7 Å². The van der Waals surface area contributed by atoms with Gasteiger partial charge in [0.1, 0.15) is 0 Å². The monoisotopic (exact) mass is 226 g/mol. The maximum atomic E-state index is 2.45. The average Bonchev–Trinajstić information content (AvgIpc) is 2.15. The normalized spacial score (nSPS) is 16.9. The minimum atomic E-state index is 0.477. The molecule has 0 amide bonds. The van der Waals surface area contributed by atoms with E-state index >= 15 is 0 Å². The summed E-state index contributed by atoms with van der Waals surface area (Å²) in [5.74, 6) is 3.38. The van der Waals surface area contributed by atoms with Crippen molar-refractivity contribution >= 4 is 0 Å². The van der Waals surface area contributed by atoms with Gasteiger partial charge >= 0.3 is 0 Å². The topological polar surface area (TPSA) is 0 Å². The molecule has 0 spiro atoms. The van der Waals surface area contributed by atoms with Gasteiger partial charge in [0.05, 0.1) is 0 Å². The predicted molar refractivity (Wildman–Crippen MR) is 75.6 cm³/mol. The van der Waals surface area contributed by atoms with Crippen LogP contribution in [0.2, 0.25) is 0 Å². The molecular weight excluding hydrogens is 192 g/mol. The Labute approximate surface area is 104 Å². The lowest BCUT2D eigenvalue weighted by Crippen LogP contribution is -2.29. The van der Waals surface area contributed by atoms with Gasteiger partial charge in [0.15, 0.2) is 0 Å². The summed E-state index contributed by atoms with van der Waals surface area (Å²) in [5.41, 5.74) is 0.477. The second-order valence-corrected chi connectivity index (χ2v) is 7.02. The molecule has 0 aliphatic rings. The fourth-order valence-electron chi connectivity index (χ4n) is 2.47. The molecule has 0 N–H and O–H groups in total. The van der Waals surface area contributed by atoms with Crippen LogP contribution in [0, 0.1) is 29.1 Å². The molecule has 0 aliphatic heterocycles. The molecule has 0 bridgehead atoms. The molecule has 98 valence electrons. The summed E-state index contributed by atoms with van der Waals surface area (Å²) in [6, 6.07) is 0. The van der Waals surface area contributed by atoms with Crippen LogP contribution >= 0.6 is 0 Å². The van der Waals surface area contributed by atoms with Crippen molar-refractivity contribution < 1.29 is 0 Å². The third-order valence-corrected chi connectivity index (χ3v) is 4.83. The Kier molecular flexibility index (Phi) is 6.67. The average molecular weight is 226 g/mol. The summed E-state index contributed by atoms with van der Waals surface area (Å²) in [6.45, 7) is 19.1. The molecule has 0 fully saturated rings. The van der Waals surface area contributed by atoms with Gasteiger partial charge in [-0.2, -0.15) is 0 Å². The Bertz CT molecular complexity index is 176.